The fraction of sp³-hybridized carbons (Fsp3) is 0.455. The van der Waals surface area contributed by atoms with E-state index in [0.29, 0.717) is 29.2 Å². The summed E-state index contributed by atoms with van der Waals surface area (Å²) in [6.07, 6.45) is 2.22. The van der Waals surface area contributed by atoms with E-state index in [2.05, 4.69) is 25.4 Å². The third-order valence-electron chi connectivity index (χ3n) is 2.88. The van der Waals surface area contributed by atoms with Crippen molar-refractivity contribution in [1.29, 1.82) is 0 Å². The third-order valence-corrected chi connectivity index (χ3v) is 2.88. The summed E-state index contributed by atoms with van der Waals surface area (Å²) in [5.41, 5.74) is 0.601. The van der Waals surface area contributed by atoms with E-state index in [1.54, 1.807) is 13.2 Å². The molecule has 0 bridgehead atoms. The van der Waals surface area contributed by atoms with E-state index in [9.17, 15) is 0 Å². The minimum absolute atomic E-state index is 0.470. The number of nitrogens with one attached hydrogen (secondary N) is 1. The number of hydrogen-bond acceptors (Lipinski definition) is 7. The van der Waals surface area contributed by atoms with Gasteiger partial charge in [-0.1, -0.05) is 5.16 Å². The quantitative estimate of drug-likeness (QED) is 0.831. The van der Waals surface area contributed by atoms with Crippen molar-refractivity contribution in [2.45, 2.75) is 6.42 Å². The lowest BCUT2D eigenvalue weighted by molar-refractivity contribution is 0.296. The maximum absolute atomic E-state index is 5.21. The summed E-state index contributed by atoms with van der Waals surface area (Å²) in [5.74, 6) is 2.19. The van der Waals surface area contributed by atoms with Crippen molar-refractivity contribution in [2.75, 3.05) is 20.2 Å². The Bertz CT molecular complexity index is 538. The van der Waals surface area contributed by atoms with Crippen LogP contribution in [0.3, 0.4) is 0 Å². The average Bonchev–Trinajstić information content (AvgIpc) is 2.83. The lowest BCUT2D eigenvalue weighted by Crippen LogP contribution is -2.43. The first-order valence-electron chi connectivity index (χ1n) is 5.75. The fourth-order valence-electron chi connectivity index (χ4n) is 1.75. The second-order valence-electron chi connectivity index (χ2n) is 4.19. The third kappa shape index (κ3) is 2.17. The van der Waals surface area contributed by atoms with E-state index in [1.807, 2.05) is 0 Å². The summed E-state index contributed by atoms with van der Waals surface area (Å²) in [6.45, 7) is 2.03. The molecule has 0 aliphatic carbocycles. The zero-order valence-corrected chi connectivity index (χ0v) is 9.96. The van der Waals surface area contributed by atoms with Gasteiger partial charge in [-0.05, 0) is 19.0 Å². The molecule has 0 unspecified atom stereocenters. The van der Waals surface area contributed by atoms with Crippen LogP contribution in [-0.2, 0) is 6.42 Å². The zero-order valence-electron chi connectivity index (χ0n) is 9.96. The topological polar surface area (TPSA) is 86.0 Å². The first-order chi connectivity index (χ1) is 8.85. The minimum Gasteiger partial charge on any atom is -0.481 e. The molecule has 3 rings (SSSR count). The SMILES string of the molecule is COc1cc(-c2noc(CC3CNC3)n2)ncn1. The van der Waals surface area contributed by atoms with Crippen molar-refractivity contribution in [3.63, 3.8) is 0 Å². The van der Waals surface area contributed by atoms with Crippen LogP contribution in [0.2, 0.25) is 0 Å². The molecule has 2 aromatic heterocycles. The van der Waals surface area contributed by atoms with Crippen molar-refractivity contribution in [2.24, 2.45) is 5.92 Å². The summed E-state index contributed by atoms with van der Waals surface area (Å²) in [6, 6.07) is 1.68. The standard InChI is InChI=1S/C11H13N5O2/c1-17-9-3-8(13-6-14-9)11-15-10(18-16-11)2-7-4-12-5-7/h3,6-7,12H,2,4-5H2,1H3. The van der Waals surface area contributed by atoms with Gasteiger partial charge in [-0.2, -0.15) is 4.98 Å². The molecule has 0 spiro atoms. The Balaban J connectivity index is 1.78. The van der Waals surface area contributed by atoms with Crippen LogP contribution in [0, 0.1) is 5.92 Å². The molecule has 3 heterocycles. The summed E-state index contributed by atoms with van der Waals surface area (Å²) in [4.78, 5) is 12.4. The largest absolute Gasteiger partial charge is 0.481 e. The maximum atomic E-state index is 5.21. The highest BCUT2D eigenvalue weighted by Gasteiger charge is 2.21. The molecule has 1 N–H and O–H groups in total. The van der Waals surface area contributed by atoms with E-state index in [4.69, 9.17) is 9.26 Å². The number of methoxy groups -OCH3 is 1. The van der Waals surface area contributed by atoms with Crippen molar-refractivity contribution in [3.05, 3.63) is 18.3 Å². The van der Waals surface area contributed by atoms with Gasteiger partial charge in [0.05, 0.1) is 7.11 Å². The zero-order chi connectivity index (χ0) is 12.4. The molecule has 1 aliphatic heterocycles. The average molecular weight is 247 g/mol. The maximum Gasteiger partial charge on any atom is 0.227 e. The van der Waals surface area contributed by atoms with E-state index in [-0.39, 0.29) is 0 Å². The van der Waals surface area contributed by atoms with Gasteiger partial charge in [0, 0.05) is 12.5 Å². The second kappa shape index (κ2) is 4.69. The van der Waals surface area contributed by atoms with Gasteiger partial charge in [-0.15, -0.1) is 0 Å². The molecule has 94 valence electrons. The van der Waals surface area contributed by atoms with Crippen LogP contribution in [-0.4, -0.2) is 40.3 Å². The highest BCUT2D eigenvalue weighted by atomic mass is 16.5. The lowest BCUT2D eigenvalue weighted by Gasteiger charge is -2.25. The summed E-state index contributed by atoms with van der Waals surface area (Å²) in [7, 11) is 1.55. The minimum atomic E-state index is 0.470. The van der Waals surface area contributed by atoms with Gasteiger partial charge >= 0.3 is 0 Å². The van der Waals surface area contributed by atoms with Gasteiger partial charge in [0.15, 0.2) is 0 Å². The lowest BCUT2D eigenvalue weighted by atomic mass is 10.00. The molecule has 0 atom stereocenters. The van der Waals surface area contributed by atoms with Crippen molar-refractivity contribution >= 4 is 0 Å². The fourth-order valence-corrected chi connectivity index (χ4v) is 1.75. The van der Waals surface area contributed by atoms with E-state index < -0.39 is 0 Å². The molecule has 0 radical (unpaired) electrons. The molecular formula is C11H13N5O2. The van der Waals surface area contributed by atoms with Crippen LogP contribution < -0.4 is 10.1 Å². The predicted octanol–water partition coefficient (Wildman–Crippen LogP) is 0.297. The van der Waals surface area contributed by atoms with Crippen LogP contribution in [0.4, 0.5) is 0 Å². The van der Waals surface area contributed by atoms with Gasteiger partial charge in [0.2, 0.25) is 17.6 Å². The van der Waals surface area contributed by atoms with Crippen LogP contribution in [0.25, 0.3) is 11.5 Å². The number of nitrogens with zero attached hydrogens (tertiary/aromatic N) is 4. The van der Waals surface area contributed by atoms with Gasteiger partial charge in [0.1, 0.15) is 12.0 Å². The number of rotatable bonds is 4. The summed E-state index contributed by atoms with van der Waals surface area (Å²) in [5, 5.41) is 7.13. The van der Waals surface area contributed by atoms with Gasteiger partial charge in [0.25, 0.3) is 0 Å². The highest BCUT2D eigenvalue weighted by molar-refractivity contribution is 5.49. The van der Waals surface area contributed by atoms with Crippen molar-refractivity contribution < 1.29 is 9.26 Å². The molecule has 18 heavy (non-hydrogen) atoms. The molecule has 0 saturated carbocycles. The molecule has 1 fully saturated rings. The smallest absolute Gasteiger partial charge is 0.227 e. The number of aromatic nitrogens is 4. The molecule has 7 heteroatoms. The first-order valence-corrected chi connectivity index (χ1v) is 5.75. The molecule has 0 amide bonds. The van der Waals surface area contributed by atoms with Crippen molar-refractivity contribution in [3.8, 4) is 17.4 Å². The Morgan fingerprint density at radius 1 is 1.44 bits per heavy atom. The normalized spacial score (nSPS) is 15.4. The molecular weight excluding hydrogens is 234 g/mol. The van der Waals surface area contributed by atoms with E-state index >= 15 is 0 Å². The molecule has 1 saturated heterocycles. The molecule has 7 nitrogen and oxygen atoms in total. The second-order valence-corrected chi connectivity index (χ2v) is 4.19. The summed E-state index contributed by atoms with van der Waals surface area (Å²) < 4.78 is 10.2. The monoisotopic (exact) mass is 247 g/mol. The van der Waals surface area contributed by atoms with Crippen molar-refractivity contribution in [1.82, 2.24) is 25.4 Å². The Hall–Kier alpha value is -2.02. The Kier molecular flexibility index (Phi) is 2.89. The van der Waals surface area contributed by atoms with Crippen LogP contribution >= 0.6 is 0 Å². The Morgan fingerprint density at radius 3 is 3.06 bits per heavy atom. The molecule has 2 aromatic rings. The first kappa shape index (κ1) is 11.1. The van der Waals surface area contributed by atoms with Crippen LogP contribution in [0.1, 0.15) is 5.89 Å². The van der Waals surface area contributed by atoms with E-state index in [0.717, 1.165) is 19.5 Å². The van der Waals surface area contributed by atoms with Gasteiger partial charge in [-0.3, -0.25) is 0 Å². The highest BCUT2D eigenvalue weighted by Crippen LogP contribution is 2.18. The van der Waals surface area contributed by atoms with E-state index in [1.165, 1.54) is 6.33 Å². The van der Waals surface area contributed by atoms with Crippen LogP contribution in [0.15, 0.2) is 16.9 Å². The molecule has 0 aromatic carbocycles. The Labute approximate surface area is 104 Å². The van der Waals surface area contributed by atoms with Gasteiger partial charge in [-0.25, -0.2) is 9.97 Å². The molecule has 1 aliphatic rings. The van der Waals surface area contributed by atoms with Crippen LogP contribution in [0.5, 0.6) is 5.88 Å². The summed E-state index contributed by atoms with van der Waals surface area (Å²) >= 11 is 0. The van der Waals surface area contributed by atoms with Gasteiger partial charge < -0.3 is 14.6 Å². The predicted molar refractivity (Wildman–Crippen MR) is 61.9 cm³/mol. The Morgan fingerprint density at radius 2 is 2.33 bits per heavy atom. The number of ether oxygens (including phenoxy) is 1. The number of hydrogen-bond donors (Lipinski definition) is 1.